The molecule has 0 aliphatic heterocycles. The Morgan fingerprint density at radius 2 is 2.31 bits per heavy atom. The first-order valence-corrected chi connectivity index (χ1v) is 3.95. The summed E-state index contributed by atoms with van der Waals surface area (Å²) >= 11 is 0. The van der Waals surface area contributed by atoms with E-state index < -0.39 is 5.97 Å². The summed E-state index contributed by atoms with van der Waals surface area (Å²) in [6, 6.07) is 0. The molecule has 1 heterocycles. The highest BCUT2D eigenvalue weighted by molar-refractivity contribution is 5.68. The van der Waals surface area contributed by atoms with Gasteiger partial charge in [0.15, 0.2) is 0 Å². The Bertz CT molecular complexity index is 287. The minimum atomic E-state index is -0.889. The van der Waals surface area contributed by atoms with Crippen LogP contribution in [0, 0.1) is 13.8 Å². The molecule has 5 heteroatoms. The van der Waals surface area contributed by atoms with Gasteiger partial charge in [0.1, 0.15) is 5.76 Å². The Kier molecular flexibility index (Phi) is 3.02. The molecule has 0 spiro atoms. The maximum atomic E-state index is 10.1. The molecule has 0 radical (unpaired) electrons. The lowest BCUT2D eigenvalue weighted by molar-refractivity contribution is -0.136. The van der Waals surface area contributed by atoms with E-state index in [1.807, 2.05) is 13.8 Å². The van der Waals surface area contributed by atoms with Crippen LogP contribution in [0.2, 0.25) is 0 Å². The van der Waals surface area contributed by atoms with Gasteiger partial charge in [-0.1, -0.05) is 0 Å². The molecule has 1 aromatic heterocycles. The van der Waals surface area contributed by atoms with Crippen molar-refractivity contribution in [2.75, 3.05) is 6.54 Å². The summed E-state index contributed by atoms with van der Waals surface area (Å²) in [6.45, 7) is 3.93. The van der Waals surface area contributed by atoms with Crippen molar-refractivity contribution in [1.82, 2.24) is 10.3 Å². The lowest BCUT2D eigenvalue weighted by Crippen LogP contribution is -2.21. The fourth-order valence-corrected chi connectivity index (χ4v) is 0.891. The number of rotatable bonds is 4. The third kappa shape index (κ3) is 2.87. The number of carboxylic acids is 1. The third-order valence-corrected chi connectivity index (χ3v) is 1.63. The van der Waals surface area contributed by atoms with Gasteiger partial charge in [-0.25, -0.2) is 4.98 Å². The molecule has 0 unspecified atom stereocenters. The second kappa shape index (κ2) is 4.04. The Balaban J connectivity index is 2.41. The molecule has 0 saturated heterocycles. The Morgan fingerprint density at radius 3 is 2.77 bits per heavy atom. The minimum Gasteiger partial charge on any atom is -0.480 e. The van der Waals surface area contributed by atoms with Gasteiger partial charge in [0.2, 0.25) is 5.89 Å². The lowest BCUT2D eigenvalue weighted by Gasteiger charge is -1.95. The van der Waals surface area contributed by atoms with Crippen LogP contribution in [-0.2, 0) is 11.3 Å². The van der Waals surface area contributed by atoms with Gasteiger partial charge in [-0.15, -0.1) is 0 Å². The smallest absolute Gasteiger partial charge is 0.317 e. The lowest BCUT2D eigenvalue weighted by atomic mass is 10.4. The highest BCUT2D eigenvalue weighted by Crippen LogP contribution is 2.07. The van der Waals surface area contributed by atoms with Crippen LogP contribution >= 0.6 is 0 Å². The SMILES string of the molecule is Cc1nc(CNCC(=O)O)oc1C. The van der Waals surface area contributed by atoms with Crippen molar-refractivity contribution >= 4 is 5.97 Å². The summed E-state index contributed by atoms with van der Waals surface area (Å²) in [5.41, 5.74) is 0.840. The topological polar surface area (TPSA) is 75.4 Å². The fourth-order valence-electron chi connectivity index (χ4n) is 0.891. The molecule has 0 fully saturated rings. The minimum absolute atomic E-state index is 0.0829. The van der Waals surface area contributed by atoms with Crippen molar-refractivity contribution in [1.29, 1.82) is 0 Å². The molecule has 1 aromatic rings. The van der Waals surface area contributed by atoms with Gasteiger partial charge in [-0.05, 0) is 13.8 Å². The number of oxazole rings is 1. The van der Waals surface area contributed by atoms with Crippen molar-refractivity contribution in [2.24, 2.45) is 0 Å². The maximum absolute atomic E-state index is 10.1. The van der Waals surface area contributed by atoms with E-state index in [-0.39, 0.29) is 6.54 Å². The molecule has 0 bridgehead atoms. The Hall–Kier alpha value is -1.36. The zero-order valence-corrected chi connectivity index (χ0v) is 7.63. The monoisotopic (exact) mass is 184 g/mol. The van der Waals surface area contributed by atoms with Crippen LogP contribution in [0.25, 0.3) is 0 Å². The molecule has 13 heavy (non-hydrogen) atoms. The normalized spacial score (nSPS) is 10.3. The van der Waals surface area contributed by atoms with Crippen molar-refractivity contribution < 1.29 is 14.3 Å². The van der Waals surface area contributed by atoms with Gasteiger partial charge >= 0.3 is 5.97 Å². The molecule has 0 saturated carbocycles. The molecule has 72 valence electrons. The van der Waals surface area contributed by atoms with Gasteiger partial charge in [-0.2, -0.15) is 0 Å². The first kappa shape index (κ1) is 9.73. The fraction of sp³-hybridized carbons (Fsp3) is 0.500. The number of carboxylic acid groups (broad SMARTS) is 1. The standard InChI is InChI=1S/C8H12N2O3/c1-5-6(2)13-7(10-5)3-9-4-8(11)12/h9H,3-4H2,1-2H3,(H,11,12). The predicted octanol–water partition coefficient (Wildman–Crippen LogP) is 0.466. The van der Waals surface area contributed by atoms with Crippen LogP contribution < -0.4 is 5.32 Å². The number of hydrogen-bond acceptors (Lipinski definition) is 4. The van der Waals surface area contributed by atoms with E-state index in [1.165, 1.54) is 0 Å². The molecular weight excluding hydrogens is 172 g/mol. The first-order chi connectivity index (χ1) is 6.09. The Labute approximate surface area is 75.8 Å². The average Bonchev–Trinajstić information content (AvgIpc) is 2.30. The first-order valence-electron chi connectivity index (χ1n) is 3.95. The van der Waals surface area contributed by atoms with Gasteiger partial charge < -0.3 is 9.52 Å². The second-order valence-electron chi connectivity index (χ2n) is 2.75. The molecule has 0 aliphatic rings. The highest BCUT2D eigenvalue weighted by atomic mass is 16.4. The van der Waals surface area contributed by atoms with E-state index in [1.54, 1.807) is 0 Å². The van der Waals surface area contributed by atoms with E-state index in [4.69, 9.17) is 9.52 Å². The number of carbonyl (C=O) groups is 1. The zero-order valence-electron chi connectivity index (χ0n) is 7.63. The third-order valence-electron chi connectivity index (χ3n) is 1.63. The van der Waals surface area contributed by atoms with E-state index in [0.29, 0.717) is 12.4 Å². The molecule has 2 N–H and O–H groups in total. The maximum Gasteiger partial charge on any atom is 0.317 e. The van der Waals surface area contributed by atoms with Crippen LogP contribution in [0.3, 0.4) is 0 Å². The number of aryl methyl sites for hydroxylation is 2. The van der Waals surface area contributed by atoms with E-state index in [2.05, 4.69) is 10.3 Å². The predicted molar refractivity (Wildman–Crippen MR) is 45.3 cm³/mol. The van der Waals surface area contributed by atoms with Crippen molar-refractivity contribution in [3.8, 4) is 0 Å². The van der Waals surface area contributed by atoms with Crippen molar-refractivity contribution in [2.45, 2.75) is 20.4 Å². The van der Waals surface area contributed by atoms with Crippen LogP contribution in [0.15, 0.2) is 4.42 Å². The highest BCUT2D eigenvalue weighted by Gasteiger charge is 2.05. The van der Waals surface area contributed by atoms with Gasteiger partial charge in [0.05, 0.1) is 18.8 Å². The summed E-state index contributed by atoms with van der Waals surface area (Å²) in [6.07, 6.45) is 0. The average molecular weight is 184 g/mol. The van der Waals surface area contributed by atoms with Crippen LogP contribution in [0.5, 0.6) is 0 Å². The zero-order chi connectivity index (χ0) is 9.84. The van der Waals surface area contributed by atoms with Gasteiger partial charge in [0, 0.05) is 0 Å². The quantitative estimate of drug-likeness (QED) is 0.711. The van der Waals surface area contributed by atoms with Crippen LogP contribution in [0.1, 0.15) is 17.3 Å². The summed E-state index contributed by atoms with van der Waals surface area (Å²) in [5, 5.41) is 11.0. The second-order valence-corrected chi connectivity index (χ2v) is 2.75. The summed E-state index contributed by atoms with van der Waals surface area (Å²) in [5.74, 6) is 0.406. The summed E-state index contributed by atoms with van der Waals surface area (Å²) in [7, 11) is 0. The van der Waals surface area contributed by atoms with Crippen LogP contribution in [-0.4, -0.2) is 22.6 Å². The molecule has 1 rings (SSSR count). The van der Waals surface area contributed by atoms with Gasteiger partial charge in [-0.3, -0.25) is 10.1 Å². The number of nitrogens with zero attached hydrogens (tertiary/aromatic N) is 1. The number of aliphatic carboxylic acids is 1. The summed E-state index contributed by atoms with van der Waals surface area (Å²) < 4.78 is 5.23. The molecular formula is C8H12N2O3. The van der Waals surface area contributed by atoms with Gasteiger partial charge in [0.25, 0.3) is 0 Å². The van der Waals surface area contributed by atoms with E-state index in [9.17, 15) is 4.79 Å². The van der Waals surface area contributed by atoms with E-state index in [0.717, 1.165) is 11.5 Å². The van der Waals surface area contributed by atoms with Crippen molar-refractivity contribution in [3.63, 3.8) is 0 Å². The number of hydrogen-bond donors (Lipinski definition) is 2. The number of aromatic nitrogens is 1. The number of nitrogens with one attached hydrogen (secondary N) is 1. The molecule has 0 aromatic carbocycles. The Morgan fingerprint density at radius 1 is 1.62 bits per heavy atom. The molecule has 5 nitrogen and oxygen atoms in total. The van der Waals surface area contributed by atoms with E-state index >= 15 is 0 Å². The molecule has 0 aliphatic carbocycles. The molecule has 0 atom stereocenters. The molecule has 0 amide bonds. The van der Waals surface area contributed by atoms with Crippen LogP contribution in [0.4, 0.5) is 0 Å². The van der Waals surface area contributed by atoms with Crippen molar-refractivity contribution in [3.05, 3.63) is 17.3 Å². The largest absolute Gasteiger partial charge is 0.480 e. The summed E-state index contributed by atoms with van der Waals surface area (Å²) in [4.78, 5) is 14.2.